The van der Waals surface area contributed by atoms with Crippen LogP contribution in [0.4, 0.5) is 5.69 Å². The van der Waals surface area contributed by atoms with Crippen molar-refractivity contribution in [1.82, 2.24) is 4.98 Å². The highest BCUT2D eigenvalue weighted by molar-refractivity contribution is 9.10. The van der Waals surface area contributed by atoms with Crippen molar-refractivity contribution in [3.8, 4) is 0 Å². The molecule has 2 N–H and O–H groups in total. The first-order chi connectivity index (χ1) is 9.49. The fraction of sp³-hybridized carbons (Fsp3) is 0.0714. The van der Waals surface area contributed by atoms with Crippen molar-refractivity contribution in [3.05, 3.63) is 57.8 Å². The maximum atomic E-state index is 12.1. The second kappa shape index (κ2) is 5.83. The standard InChI is InChI=1S/C14H11BrN2O3/c1-8-4-5-9(7-11(8)14(19)20)17-13(18)10-3-2-6-16-12(10)15/h2-7H,1H3,(H,17,18)(H,19,20). The number of carboxylic acid groups (broad SMARTS) is 1. The summed E-state index contributed by atoms with van der Waals surface area (Å²) in [6.45, 7) is 1.70. The van der Waals surface area contributed by atoms with Crippen LogP contribution in [-0.2, 0) is 0 Å². The summed E-state index contributed by atoms with van der Waals surface area (Å²) >= 11 is 3.19. The predicted molar refractivity (Wildman–Crippen MR) is 78.0 cm³/mol. The maximum absolute atomic E-state index is 12.1. The topological polar surface area (TPSA) is 79.3 Å². The number of carbonyl (C=O) groups is 2. The number of hydrogen-bond acceptors (Lipinski definition) is 3. The van der Waals surface area contributed by atoms with Crippen LogP contribution in [0.25, 0.3) is 0 Å². The lowest BCUT2D eigenvalue weighted by atomic mass is 10.1. The van der Waals surface area contributed by atoms with E-state index in [9.17, 15) is 9.59 Å². The molecule has 0 aliphatic carbocycles. The molecule has 0 bridgehead atoms. The SMILES string of the molecule is Cc1ccc(NC(=O)c2cccnc2Br)cc1C(=O)O. The van der Waals surface area contributed by atoms with Crippen molar-refractivity contribution in [2.75, 3.05) is 5.32 Å². The van der Waals surface area contributed by atoms with Gasteiger partial charge in [-0.2, -0.15) is 0 Å². The number of nitrogens with one attached hydrogen (secondary N) is 1. The number of aromatic nitrogens is 1. The van der Waals surface area contributed by atoms with Gasteiger partial charge in [0, 0.05) is 11.9 Å². The molecular formula is C14H11BrN2O3. The zero-order valence-electron chi connectivity index (χ0n) is 10.6. The van der Waals surface area contributed by atoms with Crippen molar-refractivity contribution in [2.45, 2.75) is 6.92 Å². The molecule has 0 aliphatic heterocycles. The molecule has 1 aromatic heterocycles. The Morgan fingerprint density at radius 2 is 2.00 bits per heavy atom. The lowest BCUT2D eigenvalue weighted by Crippen LogP contribution is -2.13. The van der Waals surface area contributed by atoms with E-state index in [0.29, 0.717) is 21.4 Å². The van der Waals surface area contributed by atoms with Crippen LogP contribution in [0.2, 0.25) is 0 Å². The number of benzene rings is 1. The molecule has 0 saturated carbocycles. The molecule has 0 radical (unpaired) electrons. The molecule has 2 aromatic rings. The summed E-state index contributed by atoms with van der Waals surface area (Å²) in [7, 11) is 0. The highest BCUT2D eigenvalue weighted by Gasteiger charge is 2.13. The molecule has 0 atom stereocenters. The van der Waals surface area contributed by atoms with E-state index in [-0.39, 0.29) is 11.5 Å². The smallest absolute Gasteiger partial charge is 0.336 e. The summed E-state index contributed by atoms with van der Waals surface area (Å²) in [6.07, 6.45) is 1.56. The molecule has 1 heterocycles. The van der Waals surface area contributed by atoms with Gasteiger partial charge in [-0.25, -0.2) is 9.78 Å². The maximum Gasteiger partial charge on any atom is 0.336 e. The Morgan fingerprint density at radius 3 is 2.65 bits per heavy atom. The first-order valence-corrected chi connectivity index (χ1v) is 6.54. The summed E-state index contributed by atoms with van der Waals surface area (Å²) in [5, 5.41) is 11.7. The van der Waals surface area contributed by atoms with Crippen LogP contribution in [0, 0.1) is 6.92 Å². The molecule has 1 amide bonds. The largest absolute Gasteiger partial charge is 0.478 e. The number of halogens is 1. The Bertz CT molecular complexity index is 686. The van der Waals surface area contributed by atoms with Crippen LogP contribution in [-0.4, -0.2) is 22.0 Å². The van der Waals surface area contributed by atoms with E-state index in [1.165, 1.54) is 6.07 Å². The van der Waals surface area contributed by atoms with Crippen LogP contribution in [0.5, 0.6) is 0 Å². The predicted octanol–water partition coefficient (Wildman–Crippen LogP) is 3.10. The van der Waals surface area contributed by atoms with E-state index in [0.717, 1.165) is 0 Å². The highest BCUT2D eigenvalue weighted by Crippen LogP contribution is 2.18. The number of aryl methyl sites for hydroxylation is 1. The molecule has 0 spiro atoms. The molecule has 20 heavy (non-hydrogen) atoms. The van der Waals surface area contributed by atoms with Gasteiger partial charge in [0.05, 0.1) is 11.1 Å². The Kier molecular flexibility index (Phi) is 4.14. The van der Waals surface area contributed by atoms with Gasteiger partial charge in [-0.15, -0.1) is 0 Å². The minimum Gasteiger partial charge on any atom is -0.478 e. The van der Waals surface area contributed by atoms with Gasteiger partial charge < -0.3 is 10.4 Å². The van der Waals surface area contributed by atoms with E-state index in [4.69, 9.17) is 5.11 Å². The van der Waals surface area contributed by atoms with Gasteiger partial charge >= 0.3 is 5.97 Å². The molecule has 0 fully saturated rings. The van der Waals surface area contributed by atoms with Crippen LogP contribution in [0.15, 0.2) is 41.1 Å². The number of hydrogen-bond donors (Lipinski definition) is 2. The van der Waals surface area contributed by atoms with Gasteiger partial charge in [0.1, 0.15) is 4.60 Å². The normalized spacial score (nSPS) is 10.1. The Hall–Kier alpha value is -2.21. The Labute approximate surface area is 123 Å². The second-order valence-electron chi connectivity index (χ2n) is 4.13. The van der Waals surface area contributed by atoms with Gasteiger partial charge in [-0.3, -0.25) is 4.79 Å². The van der Waals surface area contributed by atoms with Gasteiger partial charge in [0.2, 0.25) is 0 Å². The fourth-order valence-electron chi connectivity index (χ4n) is 1.68. The molecule has 0 aliphatic rings. The van der Waals surface area contributed by atoms with Gasteiger partial charge in [-0.1, -0.05) is 6.07 Å². The summed E-state index contributed by atoms with van der Waals surface area (Å²) in [4.78, 5) is 27.1. The molecule has 5 nitrogen and oxygen atoms in total. The summed E-state index contributed by atoms with van der Waals surface area (Å²) < 4.78 is 0.433. The van der Waals surface area contributed by atoms with E-state index < -0.39 is 5.97 Å². The molecule has 0 unspecified atom stereocenters. The second-order valence-corrected chi connectivity index (χ2v) is 4.88. The first kappa shape index (κ1) is 14.2. The summed E-state index contributed by atoms with van der Waals surface area (Å²) in [5.41, 5.74) is 1.60. The molecule has 0 saturated heterocycles. The Balaban J connectivity index is 2.27. The number of nitrogens with zero attached hydrogens (tertiary/aromatic N) is 1. The average Bonchev–Trinajstić information content (AvgIpc) is 2.41. The molecular weight excluding hydrogens is 324 g/mol. The third-order valence-electron chi connectivity index (χ3n) is 2.73. The number of pyridine rings is 1. The lowest BCUT2D eigenvalue weighted by molar-refractivity contribution is 0.0695. The van der Waals surface area contributed by atoms with Crippen molar-refractivity contribution in [3.63, 3.8) is 0 Å². The van der Waals surface area contributed by atoms with Crippen molar-refractivity contribution in [1.29, 1.82) is 0 Å². The molecule has 102 valence electrons. The third kappa shape index (κ3) is 3.03. The Morgan fingerprint density at radius 1 is 1.25 bits per heavy atom. The average molecular weight is 335 g/mol. The minimum absolute atomic E-state index is 0.160. The molecule has 2 rings (SSSR count). The van der Waals surface area contributed by atoms with E-state index in [1.807, 2.05) is 0 Å². The zero-order valence-corrected chi connectivity index (χ0v) is 12.1. The summed E-state index contributed by atoms with van der Waals surface area (Å²) in [6, 6.07) is 8.01. The van der Waals surface area contributed by atoms with Crippen LogP contribution < -0.4 is 5.32 Å². The van der Waals surface area contributed by atoms with Crippen molar-refractivity contribution >= 4 is 33.5 Å². The highest BCUT2D eigenvalue weighted by atomic mass is 79.9. The summed E-state index contributed by atoms with van der Waals surface area (Å²) in [5.74, 6) is -1.38. The third-order valence-corrected chi connectivity index (χ3v) is 3.36. The van der Waals surface area contributed by atoms with E-state index in [1.54, 1.807) is 37.4 Å². The lowest BCUT2D eigenvalue weighted by Gasteiger charge is -2.08. The number of carbonyl (C=O) groups excluding carboxylic acids is 1. The number of anilines is 1. The minimum atomic E-state index is -1.03. The van der Waals surface area contributed by atoms with Crippen LogP contribution in [0.1, 0.15) is 26.3 Å². The number of rotatable bonds is 3. The first-order valence-electron chi connectivity index (χ1n) is 5.75. The number of aromatic carboxylic acids is 1. The van der Waals surface area contributed by atoms with Crippen LogP contribution >= 0.6 is 15.9 Å². The van der Waals surface area contributed by atoms with Gasteiger partial charge in [-0.05, 0) is 52.7 Å². The van der Waals surface area contributed by atoms with Crippen LogP contribution in [0.3, 0.4) is 0 Å². The van der Waals surface area contributed by atoms with Crippen molar-refractivity contribution < 1.29 is 14.7 Å². The number of amides is 1. The zero-order chi connectivity index (χ0) is 14.7. The van der Waals surface area contributed by atoms with Gasteiger partial charge in [0.25, 0.3) is 5.91 Å². The quantitative estimate of drug-likeness (QED) is 0.845. The number of carboxylic acids is 1. The molecule has 6 heteroatoms. The van der Waals surface area contributed by atoms with E-state index >= 15 is 0 Å². The molecule has 1 aromatic carbocycles. The fourth-order valence-corrected chi connectivity index (χ4v) is 2.11. The van der Waals surface area contributed by atoms with E-state index in [2.05, 4.69) is 26.2 Å². The monoisotopic (exact) mass is 334 g/mol. The van der Waals surface area contributed by atoms with Crippen molar-refractivity contribution in [2.24, 2.45) is 0 Å². The van der Waals surface area contributed by atoms with Gasteiger partial charge in [0.15, 0.2) is 0 Å².